The first-order valence-corrected chi connectivity index (χ1v) is 7.31. The molecule has 1 aromatic rings. The molecule has 0 spiro atoms. The van der Waals surface area contributed by atoms with Crippen LogP contribution < -0.4 is 4.72 Å². The minimum Gasteiger partial charge on any atom is -0.294 e. The average Bonchev–Trinajstić information content (AvgIpc) is 2.29. The van der Waals surface area contributed by atoms with Crippen LogP contribution in [0.15, 0.2) is 48.6 Å². The van der Waals surface area contributed by atoms with Crippen molar-refractivity contribution in [2.45, 2.75) is 5.92 Å². The highest BCUT2D eigenvalue weighted by Crippen LogP contribution is 2.23. The van der Waals surface area contributed by atoms with Gasteiger partial charge in [-0.1, -0.05) is 30.4 Å². The van der Waals surface area contributed by atoms with Gasteiger partial charge in [-0.3, -0.25) is 9.52 Å². The number of sulfonamides is 1. The quantitative estimate of drug-likeness (QED) is 0.905. The van der Waals surface area contributed by atoms with Crippen molar-refractivity contribution in [2.75, 3.05) is 11.0 Å². The van der Waals surface area contributed by atoms with Crippen LogP contribution in [0.4, 0.5) is 5.69 Å². The van der Waals surface area contributed by atoms with Crippen molar-refractivity contribution in [3.8, 4) is 0 Å². The summed E-state index contributed by atoms with van der Waals surface area (Å²) in [4.78, 5) is 11.7. The van der Waals surface area contributed by atoms with Crippen molar-refractivity contribution in [1.29, 1.82) is 0 Å². The summed E-state index contributed by atoms with van der Waals surface area (Å²) < 4.78 is 24.5. The number of nitrogens with one attached hydrogen (secondary N) is 1. The number of hydrogen-bond donors (Lipinski definition) is 1. The molecular weight excluding hydrogens is 250 g/mol. The number of carbonyl (C=O) groups excluding carboxylic acids is 1. The number of benzene rings is 1. The second kappa shape index (κ2) is 4.78. The molecule has 0 heterocycles. The van der Waals surface area contributed by atoms with Crippen LogP contribution in [0.3, 0.4) is 0 Å². The van der Waals surface area contributed by atoms with E-state index in [1.165, 1.54) is 6.08 Å². The smallest absolute Gasteiger partial charge is 0.229 e. The van der Waals surface area contributed by atoms with Gasteiger partial charge in [0.2, 0.25) is 10.0 Å². The zero-order valence-electron chi connectivity index (χ0n) is 9.83. The van der Waals surface area contributed by atoms with E-state index in [2.05, 4.69) is 4.72 Å². The summed E-state index contributed by atoms with van der Waals surface area (Å²) in [5, 5.41) is 0. The second-order valence-electron chi connectivity index (χ2n) is 4.12. The van der Waals surface area contributed by atoms with Crippen LogP contribution in [0.25, 0.3) is 0 Å². The Morgan fingerprint density at radius 1 is 1.11 bits per heavy atom. The van der Waals surface area contributed by atoms with Crippen LogP contribution in [0.5, 0.6) is 0 Å². The van der Waals surface area contributed by atoms with Gasteiger partial charge in [0, 0.05) is 5.69 Å². The van der Waals surface area contributed by atoms with E-state index in [0.29, 0.717) is 5.69 Å². The Balaban J connectivity index is 2.20. The summed E-state index contributed by atoms with van der Waals surface area (Å²) in [5.41, 5.74) is 1.34. The topological polar surface area (TPSA) is 63.2 Å². The van der Waals surface area contributed by atoms with Crippen molar-refractivity contribution < 1.29 is 13.2 Å². The molecule has 0 fully saturated rings. The normalized spacial score (nSPS) is 18.9. The van der Waals surface area contributed by atoms with Crippen LogP contribution in [0.2, 0.25) is 0 Å². The van der Waals surface area contributed by atoms with Gasteiger partial charge in [-0.25, -0.2) is 8.42 Å². The maximum atomic E-state index is 11.7. The maximum absolute atomic E-state index is 11.7. The zero-order chi connectivity index (χ0) is 13.2. The van der Waals surface area contributed by atoms with E-state index < -0.39 is 10.0 Å². The van der Waals surface area contributed by atoms with Crippen LogP contribution in [-0.4, -0.2) is 20.5 Å². The molecule has 1 N–H and O–H groups in total. The zero-order valence-corrected chi connectivity index (χ0v) is 10.6. The number of ketones is 1. The van der Waals surface area contributed by atoms with Crippen LogP contribution in [0, 0.1) is 0 Å². The van der Waals surface area contributed by atoms with Crippen LogP contribution in [0.1, 0.15) is 11.5 Å². The van der Waals surface area contributed by atoms with Gasteiger partial charge in [-0.15, -0.1) is 0 Å². The van der Waals surface area contributed by atoms with Gasteiger partial charge >= 0.3 is 0 Å². The molecule has 4 nitrogen and oxygen atoms in total. The molecule has 1 unspecified atom stereocenters. The van der Waals surface area contributed by atoms with E-state index in [9.17, 15) is 13.2 Å². The van der Waals surface area contributed by atoms with Gasteiger partial charge in [0.25, 0.3) is 0 Å². The Labute approximate surface area is 106 Å². The third-order valence-electron chi connectivity index (χ3n) is 2.55. The minimum absolute atomic E-state index is 0.0290. The van der Waals surface area contributed by atoms with Gasteiger partial charge in [0.05, 0.1) is 12.2 Å². The number of rotatable bonds is 3. The average molecular weight is 263 g/mol. The highest BCUT2D eigenvalue weighted by molar-refractivity contribution is 7.92. The molecule has 0 aliphatic heterocycles. The Hall–Kier alpha value is -1.88. The van der Waals surface area contributed by atoms with Crippen LogP contribution >= 0.6 is 0 Å². The van der Waals surface area contributed by atoms with Crippen molar-refractivity contribution in [3.63, 3.8) is 0 Å². The van der Waals surface area contributed by atoms with Gasteiger partial charge in [0.1, 0.15) is 0 Å². The fraction of sp³-hybridized carbons (Fsp3) is 0.154. The molecule has 1 atom stereocenters. The first-order chi connectivity index (χ1) is 8.46. The monoisotopic (exact) mass is 263 g/mol. The van der Waals surface area contributed by atoms with E-state index >= 15 is 0 Å². The summed E-state index contributed by atoms with van der Waals surface area (Å²) >= 11 is 0. The fourth-order valence-corrected chi connectivity index (χ4v) is 2.34. The van der Waals surface area contributed by atoms with Crippen molar-refractivity contribution >= 4 is 21.5 Å². The molecule has 0 amide bonds. The first kappa shape index (κ1) is 12.6. The van der Waals surface area contributed by atoms with Gasteiger partial charge < -0.3 is 0 Å². The highest BCUT2D eigenvalue weighted by atomic mass is 32.2. The molecule has 0 aromatic heterocycles. The number of allylic oxidation sites excluding steroid dienone is 4. The van der Waals surface area contributed by atoms with Gasteiger partial charge in [0.15, 0.2) is 5.78 Å². The third-order valence-corrected chi connectivity index (χ3v) is 3.16. The molecule has 1 aliphatic rings. The largest absolute Gasteiger partial charge is 0.294 e. The molecule has 1 aromatic carbocycles. The van der Waals surface area contributed by atoms with E-state index in [4.69, 9.17) is 0 Å². The summed E-state index contributed by atoms with van der Waals surface area (Å²) in [5.74, 6) is -0.247. The number of anilines is 1. The molecule has 94 valence electrons. The fourth-order valence-electron chi connectivity index (χ4n) is 1.77. The third kappa shape index (κ3) is 3.07. The number of carbonyl (C=O) groups is 1. The molecule has 0 saturated heterocycles. The Bertz CT molecular complexity index is 612. The predicted octanol–water partition coefficient (Wildman–Crippen LogP) is 1.84. The molecule has 1 aliphatic carbocycles. The Morgan fingerprint density at radius 3 is 2.33 bits per heavy atom. The molecule has 2 rings (SSSR count). The van der Waals surface area contributed by atoms with E-state index in [1.54, 1.807) is 30.3 Å². The van der Waals surface area contributed by atoms with Crippen LogP contribution in [-0.2, 0) is 14.8 Å². The Kier molecular flexibility index (Phi) is 3.34. The van der Waals surface area contributed by atoms with Crippen molar-refractivity contribution in [1.82, 2.24) is 0 Å². The second-order valence-corrected chi connectivity index (χ2v) is 5.87. The van der Waals surface area contributed by atoms with E-state index in [-0.39, 0.29) is 11.7 Å². The lowest BCUT2D eigenvalue weighted by Crippen LogP contribution is -2.11. The minimum atomic E-state index is -3.27. The molecule has 0 radical (unpaired) electrons. The maximum Gasteiger partial charge on any atom is 0.229 e. The lowest BCUT2D eigenvalue weighted by Gasteiger charge is -2.13. The molecule has 0 bridgehead atoms. The molecule has 18 heavy (non-hydrogen) atoms. The SMILES string of the molecule is CS(=O)(=O)Nc1ccc(C2C=CC=CC2=O)cc1. The van der Waals surface area contributed by atoms with Gasteiger partial charge in [-0.05, 0) is 23.8 Å². The standard InChI is InChI=1S/C13H13NO3S/c1-18(16,17)14-11-8-6-10(7-9-11)12-4-2-3-5-13(12)15/h2-9,12,14H,1H3. The van der Waals surface area contributed by atoms with Crippen molar-refractivity contribution in [2.24, 2.45) is 0 Å². The highest BCUT2D eigenvalue weighted by Gasteiger charge is 2.16. The van der Waals surface area contributed by atoms with E-state index in [0.717, 1.165) is 11.8 Å². The van der Waals surface area contributed by atoms with Crippen molar-refractivity contribution in [3.05, 3.63) is 54.1 Å². The predicted molar refractivity (Wildman–Crippen MR) is 70.9 cm³/mol. The number of hydrogen-bond acceptors (Lipinski definition) is 3. The summed E-state index contributed by atoms with van der Waals surface area (Å²) in [6.45, 7) is 0. The molecule has 0 saturated carbocycles. The lowest BCUT2D eigenvalue weighted by atomic mass is 9.91. The van der Waals surface area contributed by atoms with E-state index in [1.807, 2.05) is 12.2 Å². The lowest BCUT2D eigenvalue weighted by molar-refractivity contribution is -0.115. The Morgan fingerprint density at radius 2 is 1.78 bits per heavy atom. The summed E-state index contributed by atoms with van der Waals surface area (Å²) in [6.07, 6.45) is 7.99. The first-order valence-electron chi connectivity index (χ1n) is 5.42. The summed E-state index contributed by atoms with van der Waals surface area (Å²) in [7, 11) is -3.27. The molecule has 5 heteroatoms. The summed E-state index contributed by atoms with van der Waals surface area (Å²) in [6, 6.07) is 6.80. The molecular formula is C13H13NO3S. The van der Waals surface area contributed by atoms with Gasteiger partial charge in [-0.2, -0.15) is 0 Å².